The molecule has 0 amide bonds. The fraction of sp³-hybridized carbons (Fsp3) is 0.0400. The zero-order valence-electron chi connectivity index (χ0n) is 56.1. The number of anilines is 2. The second-order valence-corrected chi connectivity index (χ2v) is 23.9. The number of aromatic carboxylic acids is 1. The molecule has 12 rings (SSSR count). The molecule has 0 fully saturated rings. The van der Waals surface area contributed by atoms with Crippen molar-refractivity contribution in [1.29, 1.82) is 0 Å². The molecule has 0 spiro atoms. The number of ketones is 1. The quantitative estimate of drug-likeness (QED) is 0.0200. The van der Waals surface area contributed by atoms with Gasteiger partial charge in [-0.05, 0) is 223 Å². The zero-order valence-corrected chi connectivity index (χ0v) is 59.2. The van der Waals surface area contributed by atoms with E-state index in [1.807, 2.05) is 0 Å². The van der Waals surface area contributed by atoms with Crippen LogP contribution < -0.4 is 39.3 Å². The predicted molar refractivity (Wildman–Crippen MR) is 392 cm³/mol. The maximum absolute atomic E-state index is 13.4. The van der Waals surface area contributed by atoms with Crippen LogP contribution in [0.1, 0.15) is 57.4 Å². The summed E-state index contributed by atoms with van der Waals surface area (Å²) < 4.78 is 116. The number of halogens is 10. The first-order valence-electron chi connectivity index (χ1n) is 30.3. The largest absolute Gasteiger partial charge is 0.505 e. The Kier molecular flexibility index (Phi) is 33.8. The summed E-state index contributed by atoms with van der Waals surface area (Å²) in [7, 11) is 9.77. The van der Waals surface area contributed by atoms with E-state index in [-0.39, 0.29) is 45.8 Å². The lowest BCUT2D eigenvalue weighted by molar-refractivity contribution is 0.0587. The lowest BCUT2D eigenvalue weighted by atomic mass is 10.0. The highest BCUT2D eigenvalue weighted by Gasteiger charge is 2.18. The number of hydrogen-bond donors (Lipinski definition) is 5. The number of carbonyl (C=O) groups excluding carboxylic acids is 4. The minimum atomic E-state index is -1.67. The van der Waals surface area contributed by atoms with Crippen LogP contribution in [0.5, 0.6) is 11.5 Å². The number of esters is 2. The predicted octanol–water partition coefficient (Wildman–Crippen LogP) is 13.0. The number of benzene rings is 7. The molecule has 109 heavy (non-hydrogen) atoms. The van der Waals surface area contributed by atoms with Crippen LogP contribution in [0.25, 0.3) is 22.7 Å². The monoisotopic (exact) mass is 1580 g/mol. The molecule has 0 aliphatic heterocycles. The molecule has 7 aromatic carbocycles. The first-order chi connectivity index (χ1) is 51.7. The number of nitrogens with two attached hydrogens (primary N) is 2. The van der Waals surface area contributed by atoms with E-state index in [1.165, 1.54) is 253 Å². The van der Waals surface area contributed by atoms with Crippen LogP contribution in [0.3, 0.4) is 0 Å². The van der Waals surface area contributed by atoms with Crippen molar-refractivity contribution in [3.8, 4) is 34.2 Å². The Balaban J connectivity index is 0.000000232. The lowest BCUT2D eigenvalue weighted by Gasteiger charge is -2.08. The second-order valence-electron chi connectivity index (χ2n) is 21.0. The van der Waals surface area contributed by atoms with Crippen molar-refractivity contribution < 1.29 is 88.1 Å². The summed E-state index contributed by atoms with van der Waals surface area (Å²) in [5, 5.41) is 25.8. The third kappa shape index (κ3) is 27.0. The molecule has 34 heteroatoms. The van der Waals surface area contributed by atoms with Gasteiger partial charge in [-0.25, -0.2) is 54.1 Å². The molecule has 12 aromatic rings. The number of pyridine rings is 4. The smallest absolute Gasteiger partial charge is 0.350 e. The number of Topliss-reactive ketones (excluding diaryl/α,β-unsaturated/α-hetero) is 1. The lowest BCUT2D eigenvalue weighted by Crippen LogP contribution is -2.25. The normalized spacial score (nSPS) is 9.99. The molecule has 0 bridgehead atoms. The van der Waals surface area contributed by atoms with Crippen molar-refractivity contribution in [2.24, 2.45) is 0 Å². The average molecular weight is 1580 g/mol. The standard InChI is InChI=1S/C19H13F2NO3.C13H10FNO3.C12H7ClFNO2.C12H8FNO3.C7H6O4.C6H6FNO.C6H6FN.Cl2OS/c20-13-4-6-14(7-5-13)22-9-1-2-15(19(22)25)18(24)11-12-3-8-17(23)16(21)10-12;1-18-13(17)11-3-2-8-15(12(11)16)10-6-4-9(14)5-7-10;13-11(16)10-2-1-7-15(12(10)17)9-5-3-8(14)4-6-9;13-8-3-5-9(6-4-8)14-7-1-2-10(11(14)15)12(16)17;1-10-6(8)5-3-2-4-11-7(5)9;7-5-3-4(8)1-2-6(5)9;7-5-1-3-6(8)4-2-5;1-4(2)3/h1-10,23H,11H2;2-8H,1H3;1-7H;1-7H,(H,16,17);2-4H,1H3;1-3,9H,8H2;1-4H,8H2;. The van der Waals surface area contributed by atoms with Crippen LogP contribution in [0.15, 0.2) is 278 Å². The average Bonchev–Trinajstić information content (AvgIpc) is 0.831. The number of carboxylic acid groups (broad SMARTS) is 1. The molecule has 0 aliphatic rings. The SMILES string of the molecule is COC(=O)c1cccn(-c2ccc(F)cc2)c1=O.COC(=O)c1cccoc1=O.Nc1ccc(F)cc1.Nc1ccc(O)c(F)c1.O=C(Cc1ccc(O)c(F)c1)c1cccn(-c2ccc(F)cc2)c1=O.O=C(Cl)c1cccn(-c2ccc(F)cc2)c1=O.O=C(O)c1cccn(-c2ccc(F)cc2)c1=O.O=S(Cl)Cl. The minimum absolute atomic E-state index is 0.0553. The van der Waals surface area contributed by atoms with E-state index in [0.717, 1.165) is 22.8 Å². The number of methoxy groups -OCH3 is 2. The van der Waals surface area contributed by atoms with E-state index in [1.54, 1.807) is 6.07 Å². The summed E-state index contributed by atoms with van der Waals surface area (Å²) in [4.78, 5) is 115. The van der Waals surface area contributed by atoms with E-state index in [0.29, 0.717) is 39.7 Å². The molecule has 23 nitrogen and oxygen atoms in total. The number of aromatic hydroxyl groups is 2. The van der Waals surface area contributed by atoms with Crippen LogP contribution in [-0.4, -0.2) is 81.0 Å². The molecule has 0 atom stereocenters. The van der Waals surface area contributed by atoms with Crippen LogP contribution in [0.4, 0.5) is 42.1 Å². The number of nitrogen functional groups attached to an aromatic ring is 2. The van der Waals surface area contributed by atoms with Crippen molar-refractivity contribution in [2.45, 2.75) is 6.42 Å². The van der Waals surface area contributed by atoms with Gasteiger partial charge in [0.15, 0.2) is 28.9 Å². The molecule has 0 radical (unpaired) electrons. The Labute approximate surface area is 627 Å². The van der Waals surface area contributed by atoms with E-state index < -0.39 is 107 Å². The molecule has 0 unspecified atom stereocenters. The summed E-state index contributed by atoms with van der Waals surface area (Å²) in [6, 6.07) is 48.5. The van der Waals surface area contributed by atoms with Gasteiger partial charge >= 0.3 is 23.5 Å². The summed E-state index contributed by atoms with van der Waals surface area (Å²) >= 11 is 5.28. The van der Waals surface area contributed by atoms with Crippen molar-refractivity contribution in [1.82, 2.24) is 18.3 Å². The van der Waals surface area contributed by atoms with Gasteiger partial charge in [0.1, 0.15) is 45.8 Å². The highest BCUT2D eigenvalue weighted by Crippen LogP contribution is 2.19. The van der Waals surface area contributed by atoms with Crippen molar-refractivity contribution >= 4 is 82.5 Å². The topological polar surface area (TPSA) is 352 Å². The zero-order chi connectivity index (χ0) is 80.6. The van der Waals surface area contributed by atoms with Gasteiger partial charge in [-0.2, -0.15) is 0 Å². The molecule has 0 saturated heterocycles. The fourth-order valence-corrected chi connectivity index (χ4v) is 8.69. The second kappa shape index (κ2) is 42.7. The summed E-state index contributed by atoms with van der Waals surface area (Å²) in [5.74, 6) is -7.43. The molecular weight excluding hydrogens is 1530 g/mol. The van der Waals surface area contributed by atoms with Gasteiger partial charge in [-0.15, -0.1) is 0 Å². The van der Waals surface area contributed by atoms with Gasteiger partial charge in [0.05, 0.1) is 31.6 Å². The summed E-state index contributed by atoms with van der Waals surface area (Å²) in [6.45, 7) is 0. The van der Waals surface area contributed by atoms with Gasteiger partial charge in [0.25, 0.3) is 27.5 Å². The van der Waals surface area contributed by atoms with Crippen molar-refractivity contribution in [3.63, 3.8) is 0 Å². The molecule has 5 aromatic heterocycles. The number of carbonyl (C=O) groups is 5. The number of phenols is 2. The molecule has 564 valence electrons. The van der Waals surface area contributed by atoms with Crippen LogP contribution in [-0.2, 0) is 25.1 Å². The molecule has 5 heterocycles. The highest BCUT2D eigenvalue weighted by atomic mass is 36.0. The summed E-state index contributed by atoms with van der Waals surface area (Å²) in [5.41, 5.74) is 9.92. The number of hydrogen-bond acceptors (Lipinski definition) is 18. The maximum Gasteiger partial charge on any atom is 0.350 e. The Morgan fingerprint density at radius 2 is 0.743 bits per heavy atom. The molecule has 0 aliphatic carbocycles. The number of carboxylic acids is 1. The van der Waals surface area contributed by atoms with Gasteiger partial charge in [0, 0.05) is 92.8 Å². The number of phenolic OH excluding ortho intramolecular Hbond substituents is 2. The van der Waals surface area contributed by atoms with E-state index >= 15 is 0 Å². The third-order valence-corrected chi connectivity index (χ3v) is 13.9. The molecule has 7 N–H and O–H groups in total. The van der Waals surface area contributed by atoms with E-state index in [2.05, 4.69) is 35.3 Å². The van der Waals surface area contributed by atoms with Crippen LogP contribution >= 0.6 is 33.0 Å². The van der Waals surface area contributed by atoms with Gasteiger partial charge < -0.3 is 40.7 Å². The number of rotatable bonds is 11. The van der Waals surface area contributed by atoms with Crippen LogP contribution in [0, 0.1) is 40.7 Å². The first kappa shape index (κ1) is 86.4. The molecular formula is C75H56Cl3F7N6O17S. The minimum Gasteiger partial charge on any atom is -0.505 e. The van der Waals surface area contributed by atoms with Gasteiger partial charge in [-0.3, -0.25) is 47.0 Å². The summed E-state index contributed by atoms with van der Waals surface area (Å²) in [6.07, 6.45) is 6.92. The van der Waals surface area contributed by atoms with E-state index in [4.69, 9.17) is 37.5 Å². The Bertz CT molecular complexity index is 5350. The number of nitrogens with zero attached hydrogens (tertiary/aromatic N) is 4. The third-order valence-electron chi connectivity index (χ3n) is 13.7. The highest BCUT2D eigenvalue weighted by molar-refractivity contribution is 8.26. The molecule has 0 saturated carbocycles. The Morgan fingerprint density at radius 1 is 0.431 bits per heavy atom. The van der Waals surface area contributed by atoms with Crippen molar-refractivity contribution in [2.75, 3.05) is 25.7 Å². The maximum atomic E-state index is 13.4. The Morgan fingerprint density at radius 3 is 1.09 bits per heavy atom. The van der Waals surface area contributed by atoms with Crippen molar-refractivity contribution in [3.05, 3.63) is 375 Å². The fourth-order valence-electron chi connectivity index (χ4n) is 8.54. The van der Waals surface area contributed by atoms with E-state index in [9.17, 15) is 83.8 Å². The Hall–Kier alpha value is -13.2. The number of ether oxygens (including phenoxy) is 2. The van der Waals surface area contributed by atoms with Crippen LogP contribution in [0.2, 0.25) is 0 Å². The van der Waals surface area contributed by atoms with Gasteiger partial charge in [0.2, 0.25) is 9.23 Å². The number of aromatic nitrogens is 4. The first-order valence-corrected chi connectivity index (χ1v) is 33.5. The van der Waals surface area contributed by atoms with Gasteiger partial charge in [-0.1, -0.05) is 6.07 Å².